The third-order valence-corrected chi connectivity index (χ3v) is 10.2. The molecule has 1 rings (SSSR count). The van der Waals surface area contributed by atoms with E-state index in [9.17, 15) is 9.36 Å². The maximum Gasteiger partial charge on any atom is 0.311 e. The molecule has 1 heterocycles. The molecule has 0 aliphatic carbocycles. The monoisotopic (exact) mass is 465 g/mol. The predicted molar refractivity (Wildman–Crippen MR) is 126 cm³/mol. The summed E-state index contributed by atoms with van der Waals surface area (Å²) in [6.45, 7) is 15.8. The number of morpholine rings is 1. The van der Waals surface area contributed by atoms with Crippen LogP contribution in [-0.4, -0.2) is 68.3 Å². The fraction of sp³-hybridized carbons (Fsp3) is 0.955. The van der Waals surface area contributed by atoms with Crippen LogP contribution in [0.5, 0.6) is 0 Å². The van der Waals surface area contributed by atoms with Crippen LogP contribution in [0.25, 0.3) is 0 Å². The fourth-order valence-corrected chi connectivity index (χ4v) is 8.89. The number of carbonyl (C=O) groups is 1. The second-order valence-corrected chi connectivity index (χ2v) is 15.0. The summed E-state index contributed by atoms with van der Waals surface area (Å²) in [5, 5.41) is 0. The van der Waals surface area contributed by atoms with Crippen LogP contribution >= 0.6 is 18.0 Å². The zero-order valence-electron chi connectivity index (χ0n) is 20.2. The zero-order valence-corrected chi connectivity index (χ0v) is 21.9. The van der Waals surface area contributed by atoms with Crippen molar-refractivity contribution >= 4 is 23.9 Å². The van der Waals surface area contributed by atoms with Crippen molar-refractivity contribution < 1.29 is 23.4 Å². The Kier molecular flexibility index (Phi) is 12.0. The first-order chi connectivity index (χ1) is 13.9. The Hall–Kier alpha value is -0.0700. The van der Waals surface area contributed by atoms with Crippen molar-refractivity contribution in [2.24, 2.45) is 10.8 Å². The molecular formula is C22H44NO5PS. The average Bonchev–Trinajstić information content (AvgIpc) is 2.63. The van der Waals surface area contributed by atoms with Crippen molar-refractivity contribution in [3.63, 3.8) is 0 Å². The number of hydrogen-bond acceptors (Lipinski definition) is 7. The lowest BCUT2D eigenvalue weighted by Crippen LogP contribution is -2.39. The summed E-state index contributed by atoms with van der Waals surface area (Å²) < 4.78 is 30.3. The van der Waals surface area contributed by atoms with E-state index in [0.29, 0.717) is 11.9 Å². The number of carbonyl (C=O) groups excluding carboxylic acids is 1. The molecule has 6 nitrogen and oxygen atoms in total. The first-order valence-electron chi connectivity index (χ1n) is 11.3. The Balaban J connectivity index is 2.47. The van der Waals surface area contributed by atoms with E-state index in [2.05, 4.69) is 32.6 Å². The highest BCUT2D eigenvalue weighted by Crippen LogP contribution is 2.63. The molecule has 0 bridgehead atoms. The van der Waals surface area contributed by atoms with Crippen LogP contribution in [-0.2, 0) is 23.4 Å². The molecule has 0 N–H and O–H groups in total. The van der Waals surface area contributed by atoms with Gasteiger partial charge in [-0.25, -0.2) is 0 Å². The van der Waals surface area contributed by atoms with Gasteiger partial charge >= 0.3 is 5.97 Å². The molecule has 0 amide bonds. The summed E-state index contributed by atoms with van der Waals surface area (Å²) in [5.74, 6) is 0.291. The molecule has 2 atom stereocenters. The number of hydrogen-bond donors (Lipinski definition) is 0. The Bertz CT molecular complexity index is 558. The Morgan fingerprint density at radius 3 is 2.40 bits per heavy atom. The lowest BCUT2D eigenvalue weighted by atomic mass is 9.89. The lowest BCUT2D eigenvalue weighted by Gasteiger charge is -2.30. The van der Waals surface area contributed by atoms with Crippen molar-refractivity contribution in [2.45, 2.75) is 73.8 Å². The maximum absolute atomic E-state index is 13.4. The fourth-order valence-electron chi connectivity index (χ4n) is 3.30. The molecule has 0 spiro atoms. The van der Waals surface area contributed by atoms with E-state index < -0.39 is 12.0 Å². The molecule has 1 fully saturated rings. The molecule has 1 aliphatic rings. The molecule has 178 valence electrons. The molecule has 0 aromatic carbocycles. The number of esters is 1. The van der Waals surface area contributed by atoms with Gasteiger partial charge in [0.1, 0.15) is 6.61 Å². The van der Waals surface area contributed by atoms with Crippen molar-refractivity contribution in [3.8, 4) is 0 Å². The third kappa shape index (κ3) is 11.5. The summed E-state index contributed by atoms with van der Waals surface area (Å²) in [6, 6.07) is 0. The number of ether oxygens (including phenoxy) is 2. The Morgan fingerprint density at radius 2 is 1.83 bits per heavy atom. The molecule has 1 aliphatic heterocycles. The van der Waals surface area contributed by atoms with Gasteiger partial charge in [-0.15, -0.1) is 0 Å². The molecule has 0 saturated carbocycles. The molecule has 1 saturated heterocycles. The van der Waals surface area contributed by atoms with Crippen molar-refractivity contribution in [3.05, 3.63) is 0 Å². The molecule has 0 aromatic rings. The van der Waals surface area contributed by atoms with E-state index in [1.807, 2.05) is 20.8 Å². The number of rotatable bonds is 13. The summed E-state index contributed by atoms with van der Waals surface area (Å²) in [6.07, 6.45) is 3.12. The van der Waals surface area contributed by atoms with Crippen LogP contribution in [0.3, 0.4) is 0 Å². The minimum Gasteiger partial charge on any atom is -0.464 e. The van der Waals surface area contributed by atoms with Gasteiger partial charge in [-0.3, -0.25) is 14.3 Å². The van der Waals surface area contributed by atoms with Crippen molar-refractivity contribution in [2.75, 3.05) is 51.4 Å². The summed E-state index contributed by atoms with van der Waals surface area (Å²) in [4.78, 5) is 14.9. The van der Waals surface area contributed by atoms with Gasteiger partial charge in [0.15, 0.2) is 0 Å². The lowest BCUT2D eigenvalue weighted by molar-refractivity contribution is -0.153. The SMILES string of the molecule is CCCC(C)OP(=O)(CC(C)(C)C)SCCOC(=O)C(C)(C)CCN1CCOCC1. The smallest absolute Gasteiger partial charge is 0.311 e. The highest BCUT2D eigenvalue weighted by atomic mass is 32.7. The summed E-state index contributed by atoms with van der Waals surface area (Å²) >= 11 is 1.33. The maximum atomic E-state index is 13.4. The van der Waals surface area contributed by atoms with Gasteiger partial charge in [-0.2, -0.15) is 0 Å². The van der Waals surface area contributed by atoms with E-state index >= 15 is 0 Å². The second-order valence-electron chi connectivity index (χ2n) is 10.1. The third-order valence-electron chi connectivity index (χ3n) is 5.02. The van der Waals surface area contributed by atoms with Gasteiger partial charge in [-0.05, 0) is 45.6 Å². The molecular weight excluding hydrogens is 421 g/mol. The van der Waals surface area contributed by atoms with Crippen LogP contribution in [0, 0.1) is 10.8 Å². The van der Waals surface area contributed by atoms with Gasteiger partial charge in [-0.1, -0.05) is 45.5 Å². The van der Waals surface area contributed by atoms with Crippen LogP contribution in [0.4, 0.5) is 0 Å². The summed E-state index contributed by atoms with van der Waals surface area (Å²) in [5.41, 5.74) is -0.628. The van der Waals surface area contributed by atoms with Gasteiger partial charge in [0.05, 0.1) is 24.7 Å². The van der Waals surface area contributed by atoms with Crippen molar-refractivity contribution in [1.29, 1.82) is 0 Å². The van der Waals surface area contributed by atoms with Crippen molar-refractivity contribution in [1.82, 2.24) is 4.90 Å². The number of nitrogens with zero attached hydrogens (tertiary/aromatic N) is 1. The molecule has 0 aromatic heterocycles. The van der Waals surface area contributed by atoms with E-state index in [1.165, 1.54) is 11.4 Å². The molecule has 30 heavy (non-hydrogen) atoms. The molecule has 2 unspecified atom stereocenters. The van der Waals surface area contributed by atoms with Crippen LogP contribution in [0.15, 0.2) is 0 Å². The highest BCUT2D eigenvalue weighted by molar-refractivity contribution is 8.56. The van der Waals surface area contributed by atoms with Crippen LogP contribution in [0.1, 0.15) is 67.7 Å². The summed E-state index contributed by atoms with van der Waals surface area (Å²) in [7, 11) is 0. The van der Waals surface area contributed by atoms with Gasteiger partial charge in [0.25, 0.3) is 6.57 Å². The van der Waals surface area contributed by atoms with E-state index in [0.717, 1.165) is 52.1 Å². The molecule has 8 heteroatoms. The topological polar surface area (TPSA) is 65.1 Å². The van der Waals surface area contributed by atoms with Gasteiger partial charge < -0.3 is 14.0 Å². The zero-order chi connectivity index (χ0) is 22.8. The standard InChI is InChI=1S/C22H44NO5PS/c1-8-9-19(2)28-29(25,18-21(3,4)5)30-17-16-27-20(24)22(6,7)10-11-23-12-14-26-15-13-23/h19H,8-18H2,1-7H3. The predicted octanol–water partition coefficient (Wildman–Crippen LogP) is 5.46. The minimum atomic E-state index is -2.85. The minimum absolute atomic E-state index is 0.0302. The van der Waals surface area contributed by atoms with Crippen LogP contribution < -0.4 is 0 Å². The quantitative estimate of drug-likeness (QED) is 0.203. The van der Waals surface area contributed by atoms with Crippen LogP contribution in [0.2, 0.25) is 0 Å². The largest absolute Gasteiger partial charge is 0.464 e. The van der Waals surface area contributed by atoms with E-state index in [1.54, 1.807) is 0 Å². The Labute approximate surface area is 188 Å². The Morgan fingerprint density at radius 1 is 1.20 bits per heavy atom. The van der Waals surface area contributed by atoms with E-state index in [4.69, 9.17) is 14.0 Å². The van der Waals surface area contributed by atoms with E-state index in [-0.39, 0.29) is 24.1 Å². The second kappa shape index (κ2) is 12.8. The first kappa shape index (κ1) is 28.0. The average molecular weight is 466 g/mol. The highest BCUT2D eigenvalue weighted by Gasteiger charge is 2.33. The first-order valence-corrected chi connectivity index (χ1v) is 14.7. The molecule has 0 radical (unpaired) electrons. The normalized spacial score (nSPS) is 19.3. The van der Waals surface area contributed by atoms with Gasteiger partial charge in [0, 0.05) is 25.0 Å². The van der Waals surface area contributed by atoms with Gasteiger partial charge in [0.2, 0.25) is 0 Å².